The van der Waals surface area contributed by atoms with Crippen molar-refractivity contribution >= 4 is 16.7 Å². The molecule has 0 spiro atoms. The fourth-order valence-electron chi connectivity index (χ4n) is 3.43. The average Bonchev–Trinajstić information content (AvgIpc) is 3.03. The number of aliphatic imine (C=N–C) groups is 1. The molecule has 0 bridgehead atoms. The number of likely N-dealkylation sites (N-methyl/N-ethyl adjacent to an activating group) is 1. The van der Waals surface area contributed by atoms with E-state index in [2.05, 4.69) is 82.9 Å². The number of hydrogen-bond donors (Lipinski definition) is 0. The molecule has 0 N–H and O–H groups in total. The normalized spacial score (nSPS) is 17.3. The molecular weight excluding hydrogens is 308 g/mol. The minimum Gasteiger partial charge on any atom is -0.354 e. The van der Waals surface area contributed by atoms with Crippen molar-refractivity contribution in [1.29, 1.82) is 0 Å². The van der Waals surface area contributed by atoms with Gasteiger partial charge in [-0.2, -0.15) is 0 Å². The summed E-state index contributed by atoms with van der Waals surface area (Å²) in [5.74, 6) is 1.10. The van der Waals surface area contributed by atoms with E-state index in [0.29, 0.717) is 6.04 Å². The summed E-state index contributed by atoms with van der Waals surface area (Å²) in [7, 11) is 4.07. The third-order valence-corrected chi connectivity index (χ3v) is 5.02. The highest BCUT2D eigenvalue weighted by molar-refractivity contribution is 5.93. The summed E-state index contributed by atoms with van der Waals surface area (Å²) in [5, 5.41) is 1.31. The van der Waals surface area contributed by atoms with E-state index in [4.69, 9.17) is 0 Å². The lowest BCUT2D eigenvalue weighted by atomic mass is 10.1. The van der Waals surface area contributed by atoms with Crippen molar-refractivity contribution in [3.8, 4) is 0 Å². The second kappa shape index (κ2) is 7.87. The average molecular weight is 338 g/mol. The molecule has 4 heteroatoms. The van der Waals surface area contributed by atoms with Gasteiger partial charge in [-0.3, -0.25) is 4.99 Å². The van der Waals surface area contributed by atoms with Crippen LogP contribution < -0.4 is 0 Å². The summed E-state index contributed by atoms with van der Waals surface area (Å²) in [6.07, 6.45) is 7.54. The fraction of sp³-hybridized carbons (Fsp3) is 0.476. The molecule has 0 radical (unpaired) electrons. The van der Waals surface area contributed by atoms with E-state index in [1.165, 1.54) is 16.5 Å². The molecule has 0 saturated carbocycles. The van der Waals surface area contributed by atoms with E-state index in [0.717, 1.165) is 38.4 Å². The monoisotopic (exact) mass is 338 g/mol. The Hall–Kier alpha value is -2.07. The lowest BCUT2D eigenvalue weighted by molar-refractivity contribution is 0.216. The molecule has 2 aromatic rings. The highest BCUT2D eigenvalue weighted by Crippen LogP contribution is 2.21. The number of benzene rings is 1. The van der Waals surface area contributed by atoms with Gasteiger partial charge < -0.3 is 14.4 Å². The van der Waals surface area contributed by atoms with Gasteiger partial charge in [0.15, 0.2) is 0 Å². The van der Waals surface area contributed by atoms with Gasteiger partial charge in [-0.05, 0) is 56.5 Å². The number of piperazine rings is 1. The van der Waals surface area contributed by atoms with Crippen molar-refractivity contribution in [2.75, 3.05) is 40.3 Å². The summed E-state index contributed by atoms with van der Waals surface area (Å²) >= 11 is 0. The molecule has 1 saturated heterocycles. The largest absolute Gasteiger partial charge is 0.354 e. The molecule has 25 heavy (non-hydrogen) atoms. The Kier molecular flexibility index (Phi) is 5.59. The Morgan fingerprint density at radius 1 is 1.16 bits per heavy atom. The van der Waals surface area contributed by atoms with Crippen molar-refractivity contribution in [3.05, 3.63) is 48.2 Å². The van der Waals surface area contributed by atoms with E-state index < -0.39 is 0 Å². The minimum absolute atomic E-state index is 0.486. The first kappa shape index (κ1) is 17.7. The van der Waals surface area contributed by atoms with Gasteiger partial charge in [0, 0.05) is 51.0 Å². The summed E-state index contributed by atoms with van der Waals surface area (Å²) in [5.41, 5.74) is 2.67. The second-order valence-electron chi connectivity index (χ2n) is 7.19. The van der Waals surface area contributed by atoms with Crippen LogP contribution in [0.4, 0.5) is 0 Å². The van der Waals surface area contributed by atoms with E-state index in [1.54, 1.807) is 0 Å². The molecule has 2 heterocycles. The lowest BCUT2D eigenvalue weighted by Crippen LogP contribution is -2.46. The first-order valence-corrected chi connectivity index (χ1v) is 9.25. The van der Waals surface area contributed by atoms with Crippen molar-refractivity contribution in [1.82, 2.24) is 14.4 Å². The second-order valence-corrected chi connectivity index (χ2v) is 7.19. The van der Waals surface area contributed by atoms with Crippen LogP contribution in [0.3, 0.4) is 0 Å². The smallest absolute Gasteiger partial charge is 0.122 e. The van der Waals surface area contributed by atoms with Crippen LogP contribution in [0.25, 0.3) is 10.9 Å². The van der Waals surface area contributed by atoms with E-state index in [-0.39, 0.29) is 0 Å². The van der Waals surface area contributed by atoms with Gasteiger partial charge in [0.05, 0.1) is 0 Å². The molecule has 134 valence electrons. The molecule has 0 aliphatic carbocycles. The maximum Gasteiger partial charge on any atom is 0.122 e. The molecular formula is C21H30N4. The fourth-order valence-corrected chi connectivity index (χ4v) is 3.43. The van der Waals surface area contributed by atoms with Crippen molar-refractivity contribution in [2.45, 2.75) is 26.3 Å². The van der Waals surface area contributed by atoms with Crippen LogP contribution in [0.2, 0.25) is 0 Å². The first-order valence-electron chi connectivity index (χ1n) is 9.25. The molecule has 4 nitrogen and oxygen atoms in total. The van der Waals surface area contributed by atoms with Crippen LogP contribution in [0.1, 0.15) is 25.5 Å². The van der Waals surface area contributed by atoms with Gasteiger partial charge in [0.25, 0.3) is 0 Å². The van der Waals surface area contributed by atoms with Crippen LogP contribution in [0.15, 0.2) is 47.6 Å². The third kappa shape index (κ3) is 4.13. The summed E-state index contributed by atoms with van der Waals surface area (Å²) in [6, 6.07) is 9.46. The Morgan fingerprint density at radius 3 is 2.60 bits per heavy atom. The van der Waals surface area contributed by atoms with Crippen LogP contribution in [0, 0.1) is 0 Å². The van der Waals surface area contributed by atoms with Gasteiger partial charge in [0.1, 0.15) is 5.84 Å². The zero-order chi connectivity index (χ0) is 17.8. The van der Waals surface area contributed by atoms with Gasteiger partial charge in [0.2, 0.25) is 0 Å². The molecule has 1 aliphatic rings. The molecule has 1 aliphatic heterocycles. The van der Waals surface area contributed by atoms with E-state index >= 15 is 0 Å². The topological polar surface area (TPSA) is 23.8 Å². The van der Waals surface area contributed by atoms with Crippen molar-refractivity contribution in [2.24, 2.45) is 4.99 Å². The number of rotatable bonds is 4. The number of amidine groups is 1. The SMILES string of the molecule is CN=C(/C=C\Cc1ccc2ccn(C(C)C)c2c1)N1CCN(C)CC1. The van der Waals surface area contributed by atoms with Gasteiger partial charge in [-0.15, -0.1) is 0 Å². The molecule has 1 fully saturated rings. The van der Waals surface area contributed by atoms with Crippen LogP contribution in [-0.4, -0.2) is 60.5 Å². The van der Waals surface area contributed by atoms with Crippen LogP contribution in [-0.2, 0) is 6.42 Å². The Balaban J connectivity index is 1.68. The highest BCUT2D eigenvalue weighted by Gasteiger charge is 2.15. The molecule has 0 atom stereocenters. The Bertz CT molecular complexity index is 761. The summed E-state index contributed by atoms with van der Waals surface area (Å²) in [6.45, 7) is 8.78. The van der Waals surface area contributed by atoms with Gasteiger partial charge >= 0.3 is 0 Å². The molecule has 3 rings (SSSR count). The number of allylic oxidation sites excluding steroid dienone is 1. The summed E-state index contributed by atoms with van der Waals surface area (Å²) < 4.78 is 2.34. The number of aromatic nitrogens is 1. The molecule has 0 amide bonds. The molecule has 1 aromatic heterocycles. The predicted molar refractivity (Wildman–Crippen MR) is 108 cm³/mol. The maximum atomic E-state index is 4.48. The van der Waals surface area contributed by atoms with Crippen LogP contribution in [0.5, 0.6) is 0 Å². The van der Waals surface area contributed by atoms with E-state index in [1.807, 2.05) is 7.05 Å². The number of hydrogen-bond acceptors (Lipinski definition) is 2. The number of nitrogens with zero attached hydrogens (tertiary/aromatic N) is 4. The molecule has 0 unspecified atom stereocenters. The Labute approximate surface area is 151 Å². The summed E-state index contributed by atoms with van der Waals surface area (Å²) in [4.78, 5) is 9.23. The Morgan fingerprint density at radius 2 is 1.92 bits per heavy atom. The zero-order valence-corrected chi connectivity index (χ0v) is 15.9. The van der Waals surface area contributed by atoms with Gasteiger partial charge in [-0.25, -0.2) is 0 Å². The van der Waals surface area contributed by atoms with Crippen molar-refractivity contribution in [3.63, 3.8) is 0 Å². The van der Waals surface area contributed by atoms with Crippen LogP contribution >= 0.6 is 0 Å². The maximum absolute atomic E-state index is 4.48. The standard InChI is InChI=1S/C21H30N4/c1-17(2)25-11-10-19-9-8-18(16-20(19)25)6-5-7-21(22-3)24-14-12-23(4)13-15-24/h5,7-11,16-17H,6,12-15H2,1-4H3/b7-5-,22-21?. The number of fused-ring (bicyclic) bond motifs is 1. The predicted octanol–water partition coefficient (Wildman–Crippen LogP) is 3.60. The highest BCUT2D eigenvalue weighted by atomic mass is 15.3. The quantitative estimate of drug-likeness (QED) is 0.628. The van der Waals surface area contributed by atoms with Gasteiger partial charge in [-0.1, -0.05) is 18.2 Å². The first-order chi connectivity index (χ1) is 12.1. The lowest BCUT2D eigenvalue weighted by Gasteiger charge is -2.33. The molecule has 1 aromatic carbocycles. The minimum atomic E-state index is 0.486. The van der Waals surface area contributed by atoms with Crippen molar-refractivity contribution < 1.29 is 0 Å². The third-order valence-electron chi connectivity index (χ3n) is 5.02. The zero-order valence-electron chi connectivity index (χ0n) is 15.9. The van der Waals surface area contributed by atoms with E-state index in [9.17, 15) is 0 Å².